The van der Waals surface area contributed by atoms with Crippen molar-refractivity contribution in [2.45, 2.75) is 115 Å². The first-order chi connectivity index (χ1) is 35.1. The maximum absolute atomic E-state index is 16.9. The number of H-pyrrole nitrogens is 2. The maximum Gasteiger partial charge on any atom is 0.407 e. The standard InChI is InChI=1S/C52H58F3N9O8S/c1-25(2)43(60-51(67)69-5)48(65)62-15-7-9-36(62)47-57-24-34(59-47)29-20-32(53)42-38-21-30-19-28(11-12-35(30)64(38)50(72-39(42)22-29)41-14-13-40(73-41)45(54)55)33-23-56-46(58-33)37-10-8-16-63(37)49(66)44(61-52(68)70-6)31-17-26(3)71-27(4)18-31/h11-14,19-27,31,36-37,43-45,50H,7-10,15-18H2,1-6H3,(H,56,58)(H,57,59)(H,60,67)(H,61,68)/t26-,27+,31?,36-,37-,43-,44?,50?/m0/s1. The number of benzene rings is 2. The van der Waals surface area contributed by atoms with Gasteiger partial charge >= 0.3 is 12.2 Å². The van der Waals surface area contributed by atoms with Crippen molar-refractivity contribution in [3.63, 3.8) is 0 Å². The first-order valence-corrected chi connectivity index (χ1v) is 25.5. The molecule has 17 nitrogen and oxygen atoms in total. The fraction of sp³-hybridized carbons (Fsp3) is 0.462. The van der Waals surface area contributed by atoms with Crippen molar-refractivity contribution in [2.75, 3.05) is 27.3 Å². The Kier molecular flexibility index (Phi) is 13.8. The number of fused-ring (bicyclic) bond motifs is 5. The Hall–Kier alpha value is -6.87. The number of alkyl carbamates (subject to hydrolysis) is 2. The molecule has 4 N–H and O–H groups in total. The molecule has 8 heterocycles. The molecule has 0 bridgehead atoms. The second-order valence-electron chi connectivity index (χ2n) is 19.7. The van der Waals surface area contributed by atoms with Crippen LogP contribution in [-0.4, -0.2) is 110 Å². The zero-order valence-electron chi connectivity index (χ0n) is 41.2. The number of carbonyl (C=O) groups is 4. The van der Waals surface area contributed by atoms with E-state index in [1.807, 2.05) is 56.5 Å². The molecule has 21 heteroatoms. The van der Waals surface area contributed by atoms with Crippen LogP contribution in [0.15, 0.2) is 60.9 Å². The number of nitrogens with zero attached hydrogens (tertiary/aromatic N) is 5. The molecule has 4 aromatic heterocycles. The summed E-state index contributed by atoms with van der Waals surface area (Å²) in [7, 11) is 2.52. The smallest absolute Gasteiger partial charge is 0.407 e. The van der Waals surface area contributed by atoms with Gasteiger partial charge in [0.1, 0.15) is 35.3 Å². The van der Waals surface area contributed by atoms with Crippen LogP contribution in [-0.2, 0) is 23.8 Å². The predicted molar refractivity (Wildman–Crippen MR) is 264 cm³/mol. The number of hydrogen-bond donors (Lipinski definition) is 4. The van der Waals surface area contributed by atoms with E-state index in [2.05, 4.69) is 25.6 Å². The van der Waals surface area contributed by atoms with Crippen molar-refractivity contribution < 1.29 is 51.3 Å². The fourth-order valence-electron chi connectivity index (χ4n) is 11.2. The lowest BCUT2D eigenvalue weighted by atomic mass is 9.85. The van der Waals surface area contributed by atoms with Crippen LogP contribution in [0.5, 0.6) is 5.75 Å². The highest BCUT2D eigenvalue weighted by Crippen LogP contribution is 2.49. The molecule has 3 unspecified atom stereocenters. The van der Waals surface area contributed by atoms with Crippen LogP contribution in [0.3, 0.4) is 0 Å². The lowest BCUT2D eigenvalue weighted by Gasteiger charge is -2.38. The number of alkyl halides is 2. The molecule has 8 atom stereocenters. The molecule has 0 saturated carbocycles. The van der Waals surface area contributed by atoms with Gasteiger partial charge in [-0.25, -0.2) is 32.7 Å². The normalized spacial score (nSPS) is 22.5. The van der Waals surface area contributed by atoms with Crippen molar-refractivity contribution >= 4 is 46.2 Å². The number of hydrogen-bond acceptors (Lipinski definition) is 11. The summed E-state index contributed by atoms with van der Waals surface area (Å²) in [5, 5.41) is 6.21. The van der Waals surface area contributed by atoms with E-state index in [4.69, 9.17) is 23.9 Å². The monoisotopic (exact) mass is 1030 g/mol. The lowest BCUT2D eigenvalue weighted by molar-refractivity contribution is -0.138. The van der Waals surface area contributed by atoms with Crippen molar-refractivity contribution in [1.29, 1.82) is 0 Å². The Labute approximate surface area is 423 Å². The summed E-state index contributed by atoms with van der Waals surface area (Å²) in [5.41, 5.74) is 3.69. The molecular weight excluding hydrogens is 968 g/mol. The highest BCUT2D eigenvalue weighted by atomic mass is 32.1. The summed E-state index contributed by atoms with van der Waals surface area (Å²) in [6, 6.07) is 11.2. The molecule has 10 rings (SSSR count). The summed E-state index contributed by atoms with van der Waals surface area (Å²) in [4.78, 5) is 72.9. The van der Waals surface area contributed by atoms with E-state index in [1.54, 1.807) is 34.3 Å². The van der Waals surface area contributed by atoms with Gasteiger partial charge in [-0.3, -0.25) is 14.2 Å². The summed E-state index contributed by atoms with van der Waals surface area (Å²) >= 11 is 0.919. The van der Waals surface area contributed by atoms with Crippen LogP contribution in [0.1, 0.15) is 112 Å². The number of aromatic amines is 2. The quantitative estimate of drug-likeness (QED) is 0.0916. The fourth-order valence-corrected chi connectivity index (χ4v) is 12.1. The van der Waals surface area contributed by atoms with Crippen molar-refractivity contribution in [2.24, 2.45) is 11.8 Å². The van der Waals surface area contributed by atoms with Crippen molar-refractivity contribution in [1.82, 2.24) is 44.9 Å². The number of carbonyl (C=O) groups excluding carboxylic acids is 4. The topological polar surface area (TPSA) is 198 Å². The van der Waals surface area contributed by atoms with E-state index < -0.39 is 48.8 Å². The van der Waals surface area contributed by atoms with Gasteiger partial charge in [-0.2, -0.15) is 0 Å². The third-order valence-corrected chi connectivity index (χ3v) is 15.7. The van der Waals surface area contributed by atoms with Crippen LogP contribution in [0, 0.1) is 17.7 Å². The van der Waals surface area contributed by atoms with Gasteiger partial charge in [0, 0.05) is 29.6 Å². The number of aromatic nitrogens is 5. The first kappa shape index (κ1) is 49.7. The summed E-state index contributed by atoms with van der Waals surface area (Å²) < 4.78 is 69.2. The second-order valence-corrected chi connectivity index (χ2v) is 20.9. The van der Waals surface area contributed by atoms with E-state index in [1.165, 1.54) is 26.4 Å². The minimum absolute atomic E-state index is 0.0788. The average molecular weight is 1030 g/mol. The van der Waals surface area contributed by atoms with Gasteiger partial charge in [0.15, 0.2) is 0 Å². The molecule has 386 valence electrons. The molecule has 2 aromatic carbocycles. The molecule has 3 fully saturated rings. The molecule has 4 aliphatic rings. The van der Waals surface area contributed by atoms with Gasteiger partial charge in [-0.15, -0.1) is 11.3 Å². The number of thiophene rings is 1. The van der Waals surface area contributed by atoms with Crippen LogP contribution >= 0.6 is 11.3 Å². The SMILES string of the molecule is COC(=O)NC(C(=O)N1CCC[C@H]1c1ncc(-c2ccc3c(c2)cc2n3C(c3ccc(C(F)F)s3)Oc3cc(-c4cnc([C@@H]5CCCN5C(=O)[C@@H](NC(=O)OC)C(C)C)[nH]4)cc(F)c3-2)[nH]1)C1C[C@@H](C)O[C@@H](C)C1. The Morgan fingerprint density at radius 3 is 2.05 bits per heavy atom. The first-order valence-electron chi connectivity index (χ1n) is 24.7. The number of methoxy groups -OCH3 is 2. The third kappa shape index (κ3) is 9.52. The maximum atomic E-state index is 16.9. The van der Waals surface area contributed by atoms with Gasteiger partial charge in [0.05, 0.1) is 88.8 Å². The van der Waals surface area contributed by atoms with E-state index >= 15 is 4.39 Å². The highest BCUT2D eigenvalue weighted by Gasteiger charge is 2.43. The number of imidazole rings is 2. The summed E-state index contributed by atoms with van der Waals surface area (Å²) in [6.45, 7) is 8.56. The van der Waals surface area contributed by atoms with Gasteiger partial charge in [0.25, 0.3) is 6.43 Å². The number of ether oxygens (including phenoxy) is 4. The van der Waals surface area contributed by atoms with Crippen LogP contribution in [0.4, 0.5) is 22.8 Å². The molecule has 0 radical (unpaired) electrons. The van der Waals surface area contributed by atoms with Gasteiger partial charge in [0.2, 0.25) is 18.0 Å². The summed E-state index contributed by atoms with van der Waals surface area (Å²) in [6.07, 6.45) is 2.07. The van der Waals surface area contributed by atoms with E-state index in [9.17, 15) is 28.0 Å². The van der Waals surface area contributed by atoms with E-state index in [0.29, 0.717) is 89.9 Å². The van der Waals surface area contributed by atoms with Crippen LogP contribution in [0.25, 0.3) is 44.7 Å². The average Bonchev–Trinajstić information content (AvgIpc) is 4.23. The third-order valence-electron chi connectivity index (χ3n) is 14.6. The zero-order chi connectivity index (χ0) is 51.4. The molecule has 0 aliphatic carbocycles. The van der Waals surface area contributed by atoms with Gasteiger partial charge in [-0.05, 0) is 107 Å². The minimum Gasteiger partial charge on any atom is -0.464 e. The highest BCUT2D eigenvalue weighted by molar-refractivity contribution is 7.12. The number of rotatable bonds is 12. The molecule has 4 aliphatic heterocycles. The lowest BCUT2D eigenvalue weighted by Crippen LogP contribution is -2.54. The van der Waals surface area contributed by atoms with E-state index in [-0.39, 0.29) is 58.1 Å². The molecule has 0 spiro atoms. The Morgan fingerprint density at radius 1 is 0.808 bits per heavy atom. The number of nitrogens with one attached hydrogen (secondary N) is 4. The summed E-state index contributed by atoms with van der Waals surface area (Å²) in [5.74, 6) is -0.123. The Morgan fingerprint density at radius 2 is 1.44 bits per heavy atom. The van der Waals surface area contributed by atoms with Crippen molar-refractivity contribution in [3.05, 3.63) is 88.1 Å². The Bertz CT molecular complexity index is 3050. The number of likely N-dealkylation sites (tertiary alicyclic amines) is 2. The molecule has 3 saturated heterocycles. The predicted octanol–water partition coefficient (Wildman–Crippen LogP) is 9.80. The van der Waals surface area contributed by atoms with E-state index in [0.717, 1.165) is 28.7 Å². The van der Waals surface area contributed by atoms with Crippen LogP contribution in [0.2, 0.25) is 0 Å². The zero-order valence-corrected chi connectivity index (χ0v) is 42.1. The van der Waals surface area contributed by atoms with Gasteiger partial charge < -0.3 is 49.3 Å². The second kappa shape index (κ2) is 20.2. The Balaban J connectivity index is 0.953. The van der Waals surface area contributed by atoms with Crippen molar-refractivity contribution in [3.8, 4) is 39.5 Å². The largest absolute Gasteiger partial charge is 0.464 e. The molecule has 6 aromatic rings. The molecule has 4 amide bonds. The number of amides is 4. The van der Waals surface area contributed by atoms with Crippen LogP contribution < -0.4 is 15.4 Å². The molecule has 73 heavy (non-hydrogen) atoms. The molecular formula is C52H58F3N9O8S. The van der Waals surface area contributed by atoms with Gasteiger partial charge in [-0.1, -0.05) is 19.9 Å². The minimum atomic E-state index is -2.70. The number of halogens is 3.